The third-order valence-electron chi connectivity index (χ3n) is 8.54. The normalized spacial score (nSPS) is 12.9. The van der Waals surface area contributed by atoms with E-state index < -0.39 is 18.0 Å². The van der Waals surface area contributed by atoms with E-state index in [2.05, 4.69) is 28.9 Å². The van der Waals surface area contributed by atoms with E-state index in [1.165, 1.54) is 24.3 Å². The van der Waals surface area contributed by atoms with Gasteiger partial charge in [0.1, 0.15) is 11.2 Å². The SMILES string of the molecule is CC(c1ccc([N+](=O)[O-])cc1)N(C(C)c1ccc([N+](=O)[O-])cc1)p1oc2ccc3ccccc3c2c2c(ccc3ccccc32)o1. The van der Waals surface area contributed by atoms with E-state index in [1.807, 2.05) is 62.4 Å². The van der Waals surface area contributed by atoms with Crippen LogP contribution in [0.4, 0.5) is 11.4 Å². The van der Waals surface area contributed by atoms with E-state index in [1.54, 1.807) is 24.3 Å². The molecule has 9 nitrogen and oxygen atoms in total. The van der Waals surface area contributed by atoms with Gasteiger partial charge in [0, 0.05) is 47.1 Å². The van der Waals surface area contributed by atoms with Gasteiger partial charge in [-0.25, -0.2) is 0 Å². The summed E-state index contributed by atoms with van der Waals surface area (Å²) < 4.78 is 16.0. The van der Waals surface area contributed by atoms with Crippen molar-refractivity contribution in [2.75, 3.05) is 4.67 Å². The summed E-state index contributed by atoms with van der Waals surface area (Å²) in [7, 11) is -1.85. The summed E-state index contributed by atoms with van der Waals surface area (Å²) in [6.45, 7) is 4.01. The molecule has 0 amide bonds. The van der Waals surface area contributed by atoms with Crippen molar-refractivity contribution in [3.8, 4) is 0 Å². The van der Waals surface area contributed by atoms with Crippen LogP contribution in [0.1, 0.15) is 37.1 Å². The molecule has 46 heavy (non-hydrogen) atoms. The second-order valence-corrected chi connectivity index (χ2v) is 12.5. The Kier molecular flexibility index (Phi) is 7.48. The summed E-state index contributed by atoms with van der Waals surface area (Å²) in [4.78, 5) is 22.0. The van der Waals surface area contributed by atoms with E-state index in [0.29, 0.717) is 11.2 Å². The number of fused-ring (bicyclic) bond motifs is 7. The second-order valence-electron chi connectivity index (χ2n) is 11.2. The Balaban J connectivity index is 1.53. The molecule has 0 saturated carbocycles. The molecule has 1 aromatic heterocycles. The van der Waals surface area contributed by atoms with Crippen molar-refractivity contribution in [2.24, 2.45) is 0 Å². The van der Waals surface area contributed by atoms with Crippen molar-refractivity contribution in [3.05, 3.63) is 153 Å². The third kappa shape index (κ3) is 5.15. The molecular formula is C36H28N3O6P. The van der Waals surface area contributed by atoms with Gasteiger partial charge in [-0.1, -0.05) is 84.9 Å². The number of hydrogen-bond donors (Lipinski definition) is 0. The van der Waals surface area contributed by atoms with E-state index in [4.69, 9.17) is 8.39 Å². The van der Waals surface area contributed by atoms with Crippen LogP contribution in [-0.4, -0.2) is 9.85 Å². The molecule has 0 spiro atoms. The van der Waals surface area contributed by atoms with Crippen molar-refractivity contribution >= 4 is 63.0 Å². The lowest BCUT2D eigenvalue weighted by atomic mass is 9.99. The Morgan fingerprint density at radius 3 is 1.35 bits per heavy atom. The highest BCUT2D eigenvalue weighted by molar-refractivity contribution is 7.39. The van der Waals surface area contributed by atoms with Gasteiger partial charge in [0.05, 0.1) is 9.85 Å². The molecule has 0 aliphatic carbocycles. The molecule has 7 rings (SSSR count). The standard InChI is InChI=1S/C36H28N3O6P/c1-23(25-11-17-29(18-12-25)38(40)41)37(24(2)26-13-19-30(20-14-26)39(42)43)46-44-33-21-15-27-7-3-5-9-31(27)35(33)36-32-10-6-4-8-28(32)16-22-34(36)45-46/h3-24H,1-2H3. The zero-order valence-corrected chi connectivity index (χ0v) is 25.8. The largest absolute Gasteiger partial charge is 0.408 e. The number of nitro groups is 2. The van der Waals surface area contributed by atoms with Gasteiger partial charge in [-0.05, 0) is 58.7 Å². The molecule has 7 aromatic rings. The summed E-state index contributed by atoms with van der Waals surface area (Å²) in [6, 6.07) is 36.7. The van der Waals surface area contributed by atoms with Crippen LogP contribution < -0.4 is 4.67 Å². The fourth-order valence-electron chi connectivity index (χ4n) is 6.12. The molecule has 0 saturated heterocycles. The zero-order chi connectivity index (χ0) is 31.9. The Labute approximate surface area is 264 Å². The summed E-state index contributed by atoms with van der Waals surface area (Å²) >= 11 is 0. The fourth-order valence-corrected chi connectivity index (χ4v) is 7.82. The second kappa shape index (κ2) is 11.8. The highest BCUT2D eigenvalue weighted by Crippen LogP contribution is 2.48. The fraction of sp³-hybridized carbons (Fsp3) is 0.111. The first-order valence-corrected chi connectivity index (χ1v) is 15.9. The third-order valence-corrected chi connectivity index (χ3v) is 10.3. The lowest BCUT2D eigenvalue weighted by Gasteiger charge is -2.31. The number of hydrogen-bond acceptors (Lipinski definition) is 7. The smallest absolute Gasteiger partial charge is 0.310 e. The highest BCUT2D eigenvalue weighted by atomic mass is 31.1. The quantitative estimate of drug-likeness (QED) is 0.127. The van der Waals surface area contributed by atoms with Crippen LogP contribution in [0.3, 0.4) is 0 Å². The molecule has 2 atom stereocenters. The van der Waals surface area contributed by atoms with Gasteiger partial charge in [-0.3, -0.25) is 20.2 Å². The zero-order valence-electron chi connectivity index (χ0n) is 24.9. The maximum Gasteiger partial charge on any atom is 0.310 e. The van der Waals surface area contributed by atoms with Gasteiger partial charge in [-0.15, -0.1) is 0 Å². The number of non-ortho nitro benzene ring substituents is 2. The Hall–Kier alpha value is -5.50. The first-order valence-electron chi connectivity index (χ1n) is 14.8. The van der Waals surface area contributed by atoms with E-state index in [9.17, 15) is 20.2 Å². The molecule has 1 heterocycles. The summed E-state index contributed by atoms with van der Waals surface area (Å²) in [5.41, 5.74) is 3.01. The van der Waals surface area contributed by atoms with Gasteiger partial charge in [0.2, 0.25) is 0 Å². The van der Waals surface area contributed by atoms with Gasteiger partial charge < -0.3 is 8.39 Å². The minimum Gasteiger partial charge on any atom is -0.408 e. The minimum atomic E-state index is -1.85. The van der Waals surface area contributed by atoms with E-state index >= 15 is 0 Å². The van der Waals surface area contributed by atoms with Crippen molar-refractivity contribution in [1.29, 1.82) is 0 Å². The molecule has 6 aromatic carbocycles. The molecule has 0 aliphatic rings. The topological polar surface area (TPSA) is 116 Å². The van der Waals surface area contributed by atoms with E-state index in [0.717, 1.165) is 43.4 Å². The first-order chi connectivity index (χ1) is 22.3. The lowest BCUT2D eigenvalue weighted by Crippen LogP contribution is -2.27. The van der Waals surface area contributed by atoms with Crippen LogP contribution in [0.5, 0.6) is 0 Å². The Morgan fingerprint density at radius 2 is 0.957 bits per heavy atom. The monoisotopic (exact) mass is 629 g/mol. The summed E-state index contributed by atoms with van der Waals surface area (Å²) in [5, 5.41) is 28.9. The lowest BCUT2D eigenvalue weighted by molar-refractivity contribution is -0.385. The molecule has 10 heteroatoms. The number of rotatable bonds is 7. The van der Waals surface area contributed by atoms with Crippen LogP contribution in [0, 0.1) is 20.2 Å². The minimum absolute atomic E-state index is 0.000194. The maximum atomic E-state index is 11.4. The summed E-state index contributed by atoms with van der Waals surface area (Å²) in [6.07, 6.45) is 0. The number of nitrogens with zero attached hydrogens (tertiary/aromatic N) is 3. The van der Waals surface area contributed by atoms with Crippen molar-refractivity contribution in [2.45, 2.75) is 25.9 Å². The van der Waals surface area contributed by atoms with Crippen molar-refractivity contribution in [1.82, 2.24) is 0 Å². The molecule has 2 unspecified atom stereocenters. The van der Waals surface area contributed by atoms with Crippen molar-refractivity contribution < 1.29 is 18.2 Å². The average molecular weight is 630 g/mol. The van der Waals surface area contributed by atoms with Crippen molar-refractivity contribution in [3.63, 3.8) is 0 Å². The van der Waals surface area contributed by atoms with Crippen LogP contribution in [0.2, 0.25) is 0 Å². The van der Waals surface area contributed by atoms with Crippen LogP contribution in [0.15, 0.2) is 130 Å². The maximum absolute atomic E-state index is 11.4. The van der Waals surface area contributed by atoms with Crippen LogP contribution in [-0.2, 0) is 0 Å². The highest BCUT2D eigenvalue weighted by Gasteiger charge is 2.30. The van der Waals surface area contributed by atoms with Gasteiger partial charge in [0.25, 0.3) is 11.4 Å². The number of nitro benzene ring substituents is 2. The molecule has 0 radical (unpaired) electrons. The van der Waals surface area contributed by atoms with Gasteiger partial charge >= 0.3 is 8.16 Å². The number of benzene rings is 6. The van der Waals surface area contributed by atoms with Crippen LogP contribution >= 0.6 is 8.16 Å². The average Bonchev–Trinajstić information content (AvgIpc) is 3.25. The predicted octanol–water partition coefficient (Wildman–Crippen LogP) is 10.9. The summed E-state index contributed by atoms with van der Waals surface area (Å²) in [5.74, 6) is 0. The van der Waals surface area contributed by atoms with E-state index in [-0.39, 0.29) is 23.5 Å². The Morgan fingerprint density at radius 1 is 0.565 bits per heavy atom. The molecule has 228 valence electrons. The Bertz CT molecular complexity index is 2160. The van der Waals surface area contributed by atoms with Gasteiger partial charge in [-0.2, -0.15) is 4.67 Å². The van der Waals surface area contributed by atoms with Gasteiger partial charge in [0.15, 0.2) is 0 Å². The molecule has 0 N–H and O–H groups in total. The van der Waals surface area contributed by atoms with Crippen LogP contribution in [0.25, 0.3) is 43.5 Å². The predicted molar refractivity (Wildman–Crippen MR) is 183 cm³/mol. The first kappa shape index (κ1) is 29.2. The molecule has 0 fully saturated rings. The molecule has 0 aliphatic heterocycles. The molecular weight excluding hydrogens is 601 g/mol. The molecule has 0 bridgehead atoms.